The zero-order valence-corrected chi connectivity index (χ0v) is 16.6. The number of alkyl halides is 3. The fourth-order valence-corrected chi connectivity index (χ4v) is 3.40. The summed E-state index contributed by atoms with van der Waals surface area (Å²) in [5, 5.41) is 3.72. The molecule has 1 aliphatic rings. The predicted octanol–water partition coefficient (Wildman–Crippen LogP) is 3.32. The van der Waals surface area contributed by atoms with Crippen LogP contribution in [0.1, 0.15) is 46.2 Å². The molecule has 3 rings (SSSR count). The number of carbonyl (C=O) groups is 2. The molecule has 0 spiro atoms. The van der Waals surface area contributed by atoms with Crippen molar-refractivity contribution in [3.63, 3.8) is 0 Å². The fraction of sp³-hybridized carbons (Fsp3) is 0.450. The van der Waals surface area contributed by atoms with Gasteiger partial charge in [0.05, 0.1) is 24.6 Å². The number of halogens is 3. The summed E-state index contributed by atoms with van der Waals surface area (Å²) in [5.74, 6) is -1.29. The number of piperidine rings is 1. The van der Waals surface area contributed by atoms with E-state index in [0.717, 1.165) is 19.0 Å². The second-order valence-electron chi connectivity index (χ2n) is 6.81. The van der Waals surface area contributed by atoms with Gasteiger partial charge < -0.3 is 14.4 Å². The van der Waals surface area contributed by atoms with Crippen LogP contribution in [0.4, 0.5) is 13.2 Å². The molecule has 2 aromatic rings. The van der Waals surface area contributed by atoms with Gasteiger partial charge in [-0.25, -0.2) is 9.48 Å². The van der Waals surface area contributed by atoms with E-state index in [0.29, 0.717) is 23.3 Å². The van der Waals surface area contributed by atoms with Crippen LogP contribution in [-0.2, 0) is 15.7 Å². The number of amides is 1. The number of hydrogen-bond donors (Lipinski definition) is 0. The van der Waals surface area contributed by atoms with E-state index in [9.17, 15) is 22.8 Å². The van der Waals surface area contributed by atoms with Crippen molar-refractivity contribution in [3.8, 4) is 5.69 Å². The van der Waals surface area contributed by atoms with Gasteiger partial charge in [0.25, 0.3) is 5.91 Å². The fourth-order valence-electron chi connectivity index (χ4n) is 3.40. The average molecular weight is 425 g/mol. The summed E-state index contributed by atoms with van der Waals surface area (Å²) in [6, 6.07) is 5.64. The molecule has 1 aromatic heterocycles. The monoisotopic (exact) mass is 425 g/mol. The molecule has 1 amide bonds. The third kappa shape index (κ3) is 4.48. The van der Waals surface area contributed by atoms with Crippen LogP contribution in [0.25, 0.3) is 5.69 Å². The Morgan fingerprint density at radius 2 is 1.80 bits per heavy atom. The SMILES string of the molecule is CCOC(=O)c1cnn(-c2ccc(C(=O)N3CCC(OC)CC3)cc2)c1C(F)(F)F. The number of ether oxygens (including phenoxy) is 2. The Morgan fingerprint density at radius 3 is 2.33 bits per heavy atom. The quantitative estimate of drug-likeness (QED) is 0.688. The van der Waals surface area contributed by atoms with Gasteiger partial charge in [0.2, 0.25) is 0 Å². The summed E-state index contributed by atoms with van der Waals surface area (Å²) in [5.41, 5.74) is -1.44. The Labute approximate surface area is 171 Å². The summed E-state index contributed by atoms with van der Waals surface area (Å²) in [7, 11) is 1.64. The molecule has 0 radical (unpaired) electrons. The molecule has 0 unspecified atom stereocenters. The summed E-state index contributed by atoms with van der Waals surface area (Å²) in [6.07, 6.45) is -2.39. The van der Waals surface area contributed by atoms with Gasteiger partial charge >= 0.3 is 12.1 Å². The third-order valence-electron chi connectivity index (χ3n) is 4.95. The molecule has 7 nitrogen and oxygen atoms in total. The maximum Gasteiger partial charge on any atom is 0.434 e. The third-order valence-corrected chi connectivity index (χ3v) is 4.95. The second-order valence-corrected chi connectivity index (χ2v) is 6.81. The molecule has 2 heterocycles. The molecule has 0 atom stereocenters. The van der Waals surface area contributed by atoms with Gasteiger partial charge in [-0.3, -0.25) is 4.79 Å². The molecular formula is C20H22F3N3O4. The molecule has 0 bridgehead atoms. The zero-order valence-electron chi connectivity index (χ0n) is 16.6. The van der Waals surface area contributed by atoms with Crippen molar-refractivity contribution in [2.45, 2.75) is 32.0 Å². The number of rotatable bonds is 5. The smallest absolute Gasteiger partial charge is 0.434 e. The van der Waals surface area contributed by atoms with Crippen LogP contribution < -0.4 is 0 Å². The zero-order chi connectivity index (χ0) is 21.9. The minimum atomic E-state index is -4.82. The van der Waals surface area contributed by atoms with E-state index < -0.39 is 23.4 Å². The summed E-state index contributed by atoms with van der Waals surface area (Å²) >= 11 is 0. The molecule has 10 heteroatoms. The van der Waals surface area contributed by atoms with Gasteiger partial charge in [-0.2, -0.15) is 18.3 Å². The van der Waals surface area contributed by atoms with Crippen molar-refractivity contribution < 1.29 is 32.2 Å². The minimum absolute atomic E-state index is 0.0558. The Morgan fingerprint density at radius 1 is 1.17 bits per heavy atom. The summed E-state index contributed by atoms with van der Waals surface area (Å²) < 4.78 is 51.4. The van der Waals surface area contributed by atoms with Gasteiger partial charge in [-0.15, -0.1) is 0 Å². The molecule has 1 fully saturated rings. The highest BCUT2D eigenvalue weighted by Crippen LogP contribution is 2.34. The van der Waals surface area contributed by atoms with Crippen LogP contribution in [0.3, 0.4) is 0 Å². The number of hydrogen-bond acceptors (Lipinski definition) is 5. The highest BCUT2D eigenvalue weighted by Gasteiger charge is 2.41. The van der Waals surface area contributed by atoms with Crippen LogP contribution in [0.5, 0.6) is 0 Å². The van der Waals surface area contributed by atoms with Crippen LogP contribution in [0.15, 0.2) is 30.5 Å². The van der Waals surface area contributed by atoms with Crippen molar-refractivity contribution in [3.05, 3.63) is 47.3 Å². The van der Waals surface area contributed by atoms with Gasteiger partial charge in [0.15, 0.2) is 5.69 Å². The Balaban J connectivity index is 1.84. The average Bonchev–Trinajstić information content (AvgIpc) is 3.20. The lowest BCUT2D eigenvalue weighted by Gasteiger charge is -2.31. The van der Waals surface area contributed by atoms with Crippen molar-refractivity contribution in [1.82, 2.24) is 14.7 Å². The summed E-state index contributed by atoms with van der Waals surface area (Å²) in [6.45, 7) is 2.56. The van der Waals surface area contributed by atoms with E-state index >= 15 is 0 Å². The van der Waals surface area contributed by atoms with Gasteiger partial charge in [-0.05, 0) is 44.0 Å². The lowest BCUT2D eigenvalue weighted by atomic mass is 10.1. The molecule has 1 saturated heterocycles. The standard InChI is InChI=1S/C20H22F3N3O4/c1-3-30-19(28)16-12-24-26(17(16)20(21,22)23)14-6-4-13(5-7-14)18(27)25-10-8-15(29-2)9-11-25/h4-7,12,15H,3,8-11H2,1-2H3. The maximum atomic E-state index is 13.6. The topological polar surface area (TPSA) is 73.7 Å². The number of aromatic nitrogens is 2. The van der Waals surface area contributed by atoms with Crippen molar-refractivity contribution in [1.29, 1.82) is 0 Å². The van der Waals surface area contributed by atoms with Gasteiger partial charge in [-0.1, -0.05) is 0 Å². The van der Waals surface area contributed by atoms with Crippen LogP contribution in [0.2, 0.25) is 0 Å². The maximum absolute atomic E-state index is 13.6. The lowest BCUT2D eigenvalue weighted by Crippen LogP contribution is -2.40. The molecule has 162 valence electrons. The number of methoxy groups -OCH3 is 1. The van der Waals surface area contributed by atoms with Crippen molar-refractivity contribution in [2.75, 3.05) is 26.8 Å². The van der Waals surface area contributed by atoms with Crippen LogP contribution in [0, 0.1) is 0 Å². The number of likely N-dealkylation sites (tertiary alicyclic amines) is 1. The second kappa shape index (κ2) is 8.86. The number of benzene rings is 1. The largest absolute Gasteiger partial charge is 0.462 e. The Hall–Kier alpha value is -2.88. The van der Waals surface area contributed by atoms with E-state index in [-0.39, 0.29) is 24.3 Å². The van der Waals surface area contributed by atoms with E-state index in [4.69, 9.17) is 9.47 Å². The molecule has 0 N–H and O–H groups in total. The molecule has 1 aromatic carbocycles. The normalized spacial score (nSPS) is 15.3. The van der Waals surface area contributed by atoms with E-state index in [1.54, 1.807) is 12.0 Å². The van der Waals surface area contributed by atoms with Crippen LogP contribution in [-0.4, -0.2) is 59.5 Å². The first-order valence-electron chi connectivity index (χ1n) is 9.51. The Bertz CT molecular complexity index is 901. The number of esters is 1. The first-order chi connectivity index (χ1) is 14.3. The van der Waals surface area contributed by atoms with E-state index in [1.165, 1.54) is 31.2 Å². The lowest BCUT2D eigenvalue weighted by molar-refractivity contribution is -0.143. The van der Waals surface area contributed by atoms with Crippen molar-refractivity contribution in [2.24, 2.45) is 0 Å². The molecule has 0 saturated carbocycles. The number of nitrogens with zero attached hydrogens (tertiary/aromatic N) is 3. The van der Waals surface area contributed by atoms with Gasteiger partial charge in [0, 0.05) is 25.8 Å². The predicted molar refractivity (Wildman–Crippen MR) is 100 cm³/mol. The molecule has 30 heavy (non-hydrogen) atoms. The van der Waals surface area contributed by atoms with Crippen LogP contribution >= 0.6 is 0 Å². The highest BCUT2D eigenvalue weighted by atomic mass is 19.4. The highest BCUT2D eigenvalue weighted by molar-refractivity contribution is 5.94. The van der Waals surface area contributed by atoms with E-state index in [1.807, 2.05) is 0 Å². The first kappa shape index (κ1) is 21.8. The van der Waals surface area contributed by atoms with Gasteiger partial charge in [0.1, 0.15) is 5.56 Å². The molecule has 1 aliphatic heterocycles. The molecular weight excluding hydrogens is 403 g/mol. The Kier molecular flexibility index (Phi) is 6.45. The minimum Gasteiger partial charge on any atom is -0.462 e. The number of carbonyl (C=O) groups excluding carboxylic acids is 2. The summed E-state index contributed by atoms with van der Waals surface area (Å²) in [4.78, 5) is 26.2. The first-order valence-corrected chi connectivity index (χ1v) is 9.51. The van der Waals surface area contributed by atoms with E-state index in [2.05, 4.69) is 5.10 Å². The van der Waals surface area contributed by atoms with Crippen molar-refractivity contribution >= 4 is 11.9 Å². The molecule has 0 aliphatic carbocycles.